The fraction of sp³-hybridized carbons (Fsp3) is 0.250. The van der Waals surface area contributed by atoms with Crippen molar-refractivity contribution in [2.75, 3.05) is 5.73 Å². The summed E-state index contributed by atoms with van der Waals surface area (Å²) < 4.78 is 0. The fourth-order valence-electron chi connectivity index (χ4n) is 1.42. The number of aryl methyl sites for hydroxylation is 1. The predicted octanol–water partition coefficient (Wildman–Crippen LogP) is 0.793. The lowest BCUT2D eigenvalue weighted by Crippen LogP contribution is -2.00. The Labute approximate surface area is 64.2 Å². The van der Waals surface area contributed by atoms with E-state index in [0.717, 1.165) is 12.0 Å². The number of Topliss-reactive ketones (excluding diaryl/α,β-unsaturated/α-hetero) is 1. The summed E-state index contributed by atoms with van der Waals surface area (Å²) in [6.45, 7) is 0. The Balaban J connectivity index is 2.68. The topological polar surface area (TPSA) is 56.0 Å². The van der Waals surface area contributed by atoms with E-state index >= 15 is 0 Å². The van der Waals surface area contributed by atoms with Crippen LogP contribution in [0.3, 0.4) is 0 Å². The molecule has 0 saturated heterocycles. The van der Waals surface area contributed by atoms with Crippen LogP contribution in [-0.2, 0) is 6.42 Å². The maximum atomic E-state index is 11.2. The normalized spacial score (nSPS) is 15.1. The number of carbonyl (C=O) groups excluding carboxylic acids is 1. The monoisotopic (exact) mass is 148 g/mol. The van der Waals surface area contributed by atoms with Gasteiger partial charge in [0.2, 0.25) is 0 Å². The Morgan fingerprint density at radius 3 is 3.00 bits per heavy atom. The van der Waals surface area contributed by atoms with Crippen molar-refractivity contribution in [3.05, 3.63) is 23.4 Å². The maximum absolute atomic E-state index is 11.2. The molecule has 56 valence electrons. The molecule has 0 fully saturated rings. The fourth-order valence-corrected chi connectivity index (χ4v) is 1.42. The summed E-state index contributed by atoms with van der Waals surface area (Å²) in [7, 11) is 0. The molecule has 2 N–H and O–H groups in total. The molecule has 2 rings (SSSR count). The molecule has 1 aliphatic carbocycles. The van der Waals surface area contributed by atoms with Gasteiger partial charge in [-0.25, -0.2) is 4.98 Å². The van der Waals surface area contributed by atoms with Gasteiger partial charge in [-0.2, -0.15) is 0 Å². The van der Waals surface area contributed by atoms with Crippen molar-refractivity contribution in [2.24, 2.45) is 0 Å². The largest absolute Gasteiger partial charge is 0.383 e. The number of rotatable bonds is 0. The number of aromatic nitrogens is 1. The van der Waals surface area contributed by atoms with Crippen LogP contribution in [0.2, 0.25) is 0 Å². The molecule has 3 nitrogen and oxygen atoms in total. The third-order valence-electron chi connectivity index (χ3n) is 1.97. The average Bonchev–Trinajstić information content (AvgIpc) is 2.34. The molecule has 1 aromatic rings. The quantitative estimate of drug-likeness (QED) is 0.591. The lowest BCUT2D eigenvalue weighted by Gasteiger charge is -1.98. The zero-order valence-corrected chi connectivity index (χ0v) is 6.00. The summed E-state index contributed by atoms with van der Waals surface area (Å²) in [5, 5.41) is 0. The highest BCUT2D eigenvalue weighted by atomic mass is 16.1. The average molecular weight is 148 g/mol. The van der Waals surface area contributed by atoms with E-state index in [1.807, 2.05) is 6.07 Å². The van der Waals surface area contributed by atoms with Crippen LogP contribution < -0.4 is 5.73 Å². The number of ketones is 1. The number of pyridine rings is 1. The molecule has 1 aliphatic rings. The summed E-state index contributed by atoms with van der Waals surface area (Å²) in [5.41, 5.74) is 7.22. The van der Waals surface area contributed by atoms with Crippen molar-refractivity contribution < 1.29 is 4.79 Å². The molecule has 0 bridgehead atoms. The van der Waals surface area contributed by atoms with Crippen molar-refractivity contribution in [1.29, 1.82) is 0 Å². The Kier molecular flexibility index (Phi) is 1.18. The van der Waals surface area contributed by atoms with Crippen LogP contribution in [0.5, 0.6) is 0 Å². The summed E-state index contributed by atoms with van der Waals surface area (Å²) >= 11 is 0. The molecular formula is C8H8N2O. The van der Waals surface area contributed by atoms with Gasteiger partial charge in [0.25, 0.3) is 0 Å². The van der Waals surface area contributed by atoms with E-state index in [-0.39, 0.29) is 5.78 Å². The van der Waals surface area contributed by atoms with Gasteiger partial charge in [-0.15, -0.1) is 0 Å². The summed E-state index contributed by atoms with van der Waals surface area (Å²) in [6, 6.07) is 1.86. The standard InChI is InChI=1S/C8H8N2O/c9-8-7-5(3-4-10-8)1-2-6(7)11/h3-4H,1-2H2,(H2,9,10). The van der Waals surface area contributed by atoms with Crippen molar-refractivity contribution in [1.82, 2.24) is 4.98 Å². The van der Waals surface area contributed by atoms with E-state index < -0.39 is 0 Å². The second-order valence-corrected chi connectivity index (χ2v) is 2.65. The SMILES string of the molecule is Nc1nccc2c1C(=O)CC2. The second-order valence-electron chi connectivity index (χ2n) is 2.65. The first-order valence-corrected chi connectivity index (χ1v) is 3.55. The number of hydrogen-bond donors (Lipinski definition) is 1. The van der Waals surface area contributed by atoms with E-state index in [1.54, 1.807) is 6.20 Å². The van der Waals surface area contributed by atoms with Crippen molar-refractivity contribution >= 4 is 11.6 Å². The summed E-state index contributed by atoms with van der Waals surface area (Å²) in [5.74, 6) is 0.510. The molecule has 0 unspecified atom stereocenters. The molecule has 1 aromatic heterocycles. The minimum atomic E-state index is 0.130. The predicted molar refractivity (Wildman–Crippen MR) is 41.3 cm³/mol. The Morgan fingerprint density at radius 2 is 2.27 bits per heavy atom. The molecule has 0 radical (unpaired) electrons. The van der Waals surface area contributed by atoms with Gasteiger partial charge in [0.15, 0.2) is 5.78 Å². The maximum Gasteiger partial charge on any atom is 0.167 e. The molecule has 0 aromatic carbocycles. The Hall–Kier alpha value is -1.38. The first-order chi connectivity index (χ1) is 5.29. The minimum absolute atomic E-state index is 0.130. The van der Waals surface area contributed by atoms with E-state index in [9.17, 15) is 4.79 Å². The number of hydrogen-bond acceptors (Lipinski definition) is 3. The van der Waals surface area contributed by atoms with Gasteiger partial charge in [-0.3, -0.25) is 4.79 Å². The van der Waals surface area contributed by atoms with Gasteiger partial charge in [0.1, 0.15) is 5.82 Å². The van der Waals surface area contributed by atoms with Crippen LogP contribution in [0.4, 0.5) is 5.82 Å². The van der Waals surface area contributed by atoms with Crippen molar-refractivity contribution in [3.8, 4) is 0 Å². The summed E-state index contributed by atoms with van der Waals surface area (Å²) in [4.78, 5) is 15.0. The molecule has 1 heterocycles. The zero-order valence-electron chi connectivity index (χ0n) is 6.00. The molecule has 0 amide bonds. The number of nitrogens with two attached hydrogens (primary N) is 1. The van der Waals surface area contributed by atoms with Crippen molar-refractivity contribution in [2.45, 2.75) is 12.8 Å². The van der Waals surface area contributed by atoms with Crippen LogP contribution in [0, 0.1) is 0 Å². The molecule has 11 heavy (non-hydrogen) atoms. The van der Waals surface area contributed by atoms with E-state index in [0.29, 0.717) is 17.8 Å². The first kappa shape index (κ1) is 6.34. The molecular weight excluding hydrogens is 140 g/mol. The molecule has 3 heteroatoms. The Morgan fingerprint density at radius 1 is 1.45 bits per heavy atom. The summed E-state index contributed by atoms with van der Waals surface area (Å²) in [6.07, 6.45) is 3.05. The van der Waals surface area contributed by atoms with Crippen LogP contribution in [0.1, 0.15) is 22.3 Å². The number of nitrogen functional groups attached to an aromatic ring is 1. The molecule has 0 aliphatic heterocycles. The van der Waals surface area contributed by atoms with E-state index in [1.165, 1.54) is 0 Å². The van der Waals surface area contributed by atoms with Crippen LogP contribution in [0.15, 0.2) is 12.3 Å². The number of nitrogens with zero attached hydrogens (tertiary/aromatic N) is 1. The lowest BCUT2D eigenvalue weighted by atomic mass is 10.2. The number of anilines is 1. The number of fused-ring (bicyclic) bond motifs is 1. The third kappa shape index (κ3) is 0.808. The second kappa shape index (κ2) is 2.05. The highest BCUT2D eigenvalue weighted by Gasteiger charge is 2.21. The molecule has 0 saturated carbocycles. The van der Waals surface area contributed by atoms with E-state index in [4.69, 9.17) is 5.73 Å². The minimum Gasteiger partial charge on any atom is -0.383 e. The van der Waals surface area contributed by atoms with Crippen LogP contribution >= 0.6 is 0 Å². The van der Waals surface area contributed by atoms with Crippen molar-refractivity contribution in [3.63, 3.8) is 0 Å². The molecule has 0 atom stereocenters. The highest BCUT2D eigenvalue weighted by Crippen LogP contribution is 2.24. The first-order valence-electron chi connectivity index (χ1n) is 3.55. The van der Waals surface area contributed by atoms with Crippen LogP contribution in [0.25, 0.3) is 0 Å². The smallest absolute Gasteiger partial charge is 0.167 e. The Bertz CT molecular complexity index is 320. The van der Waals surface area contributed by atoms with Gasteiger partial charge >= 0.3 is 0 Å². The third-order valence-corrected chi connectivity index (χ3v) is 1.97. The van der Waals surface area contributed by atoms with Gasteiger partial charge in [0.05, 0.1) is 5.56 Å². The van der Waals surface area contributed by atoms with E-state index in [2.05, 4.69) is 4.98 Å². The van der Waals surface area contributed by atoms with Gasteiger partial charge in [0, 0.05) is 12.6 Å². The highest BCUT2D eigenvalue weighted by molar-refractivity contribution is 6.04. The van der Waals surface area contributed by atoms with Gasteiger partial charge in [-0.1, -0.05) is 0 Å². The van der Waals surface area contributed by atoms with Gasteiger partial charge in [-0.05, 0) is 18.1 Å². The van der Waals surface area contributed by atoms with Gasteiger partial charge < -0.3 is 5.73 Å². The zero-order chi connectivity index (χ0) is 7.84. The lowest BCUT2D eigenvalue weighted by molar-refractivity contribution is 0.0995. The molecule has 0 spiro atoms. The van der Waals surface area contributed by atoms with Crippen LogP contribution in [-0.4, -0.2) is 10.8 Å². The number of carbonyl (C=O) groups is 1.